The number of benzene rings is 1. The van der Waals surface area contributed by atoms with Crippen LogP contribution in [-0.2, 0) is 6.54 Å². The van der Waals surface area contributed by atoms with E-state index in [-0.39, 0.29) is 11.9 Å². The summed E-state index contributed by atoms with van der Waals surface area (Å²) in [4.78, 5) is 18.3. The molecule has 1 heterocycles. The van der Waals surface area contributed by atoms with Gasteiger partial charge in [0.15, 0.2) is 0 Å². The summed E-state index contributed by atoms with van der Waals surface area (Å²) in [5, 5.41) is 0.362. The fourth-order valence-corrected chi connectivity index (χ4v) is 2.28. The largest absolute Gasteiger partial charge is 0.399 e. The Morgan fingerprint density at radius 2 is 2.14 bits per heavy atom. The lowest BCUT2D eigenvalue weighted by atomic mass is 10.1. The van der Waals surface area contributed by atoms with Gasteiger partial charge in [-0.1, -0.05) is 23.7 Å². The van der Waals surface area contributed by atoms with E-state index in [0.29, 0.717) is 22.8 Å². The summed E-state index contributed by atoms with van der Waals surface area (Å²) in [6.07, 6.45) is 3.05. The SMILES string of the molecule is CC(C)N(Cc1cccc(N)c1)C(=O)c1ccncc1Cl. The molecule has 0 aliphatic heterocycles. The summed E-state index contributed by atoms with van der Waals surface area (Å²) in [6, 6.07) is 9.21. The Hall–Kier alpha value is -2.07. The molecule has 5 heteroatoms. The van der Waals surface area contributed by atoms with E-state index in [9.17, 15) is 4.79 Å². The first-order chi connectivity index (χ1) is 9.99. The van der Waals surface area contributed by atoms with Gasteiger partial charge in [0, 0.05) is 30.7 Å². The molecule has 0 unspecified atom stereocenters. The van der Waals surface area contributed by atoms with Crippen LogP contribution in [0.1, 0.15) is 29.8 Å². The molecule has 1 amide bonds. The Morgan fingerprint density at radius 1 is 1.38 bits per heavy atom. The lowest BCUT2D eigenvalue weighted by Crippen LogP contribution is -2.36. The Bertz CT molecular complexity index is 643. The molecule has 21 heavy (non-hydrogen) atoms. The minimum absolute atomic E-state index is 0.0446. The molecule has 0 saturated carbocycles. The van der Waals surface area contributed by atoms with Crippen molar-refractivity contribution in [2.24, 2.45) is 0 Å². The van der Waals surface area contributed by atoms with Crippen molar-refractivity contribution in [3.8, 4) is 0 Å². The highest BCUT2D eigenvalue weighted by atomic mass is 35.5. The molecular weight excluding hydrogens is 286 g/mol. The third-order valence-electron chi connectivity index (χ3n) is 3.19. The van der Waals surface area contributed by atoms with Gasteiger partial charge in [-0.15, -0.1) is 0 Å². The van der Waals surface area contributed by atoms with Crippen LogP contribution in [0.5, 0.6) is 0 Å². The average molecular weight is 304 g/mol. The van der Waals surface area contributed by atoms with Crippen molar-refractivity contribution in [1.29, 1.82) is 0 Å². The minimum atomic E-state index is -0.111. The van der Waals surface area contributed by atoms with Gasteiger partial charge in [-0.3, -0.25) is 9.78 Å². The van der Waals surface area contributed by atoms with Crippen LogP contribution in [0.4, 0.5) is 5.69 Å². The maximum absolute atomic E-state index is 12.7. The number of anilines is 1. The third-order valence-corrected chi connectivity index (χ3v) is 3.49. The number of hydrogen-bond donors (Lipinski definition) is 1. The highest BCUT2D eigenvalue weighted by Crippen LogP contribution is 2.19. The summed E-state index contributed by atoms with van der Waals surface area (Å²) in [7, 11) is 0. The predicted octanol–water partition coefficient (Wildman–Crippen LogP) is 3.37. The quantitative estimate of drug-likeness (QED) is 0.881. The van der Waals surface area contributed by atoms with Gasteiger partial charge in [0.25, 0.3) is 5.91 Å². The zero-order chi connectivity index (χ0) is 15.4. The number of nitrogens with two attached hydrogens (primary N) is 1. The molecule has 0 atom stereocenters. The third kappa shape index (κ3) is 3.73. The molecule has 110 valence electrons. The van der Waals surface area contributed by atoms with Crippen LogP contribution in [0.25, 0.3) is 0 Å². The van der Waals surface area contributed by atoms with Crippen LogP contribution in [0, 0.1) is 0 Å². The second-order valence-electron chi connectivity index (χ2n) is 5.13. The number of amides is 1. The average Bonchev–Trinajstić information content (AvgIpc) is 2.44. The Balaban J connectivity index is 2.27. The van der Waals surface area contributed by atoms with E-state index in [0.717, 1.165) is 5.56 Å². The van der Waals surface area contributed by atoms with Gasteiger partial charge >= 0.3 is 0 Å². The first kappa shape index (κ1) is 15.3. The molecule has 0 saturated heterocycles. The molecule has 4 nitrogen and oxygen atoms in total. The van der Waals surface area contributed by atoms with Crippen LogP contribution in [0.2, 0.25) is 5.02 Å². The highest BCUT2D eigenvalue weighted by molar-refractivity contribution is 6.33. The van der Waals surface area contributed by atoms with E-state index >= 15 is 0 Å². The number of aromatic nitrogens is 1. The minimum Gasteiger partial charge on any atom is -0.399 e. The number of hydrogen-bond acceptors (Lipinski definition) is 3. The summed E-state index contributed by atoms with van der Waals surface area (Å²) in [5.41, 5.74) is 7.93. The summed E-state index contributed by atoms with van der Waals surface area (Å²) in [6.45, 7) is 4.43. The molecule has 0 radical (unpaired) electrons. The summed E-state index contributed by atoms with van der Waals surface area (Å²) in [5.74, 6) is -0.111. The Morgan fingerprint density at radius 3 is 2.76 bits per heavy atom. The van der Waals surface area contributed by atoms with E-state index < -0.39 is 0 Å². The van der Waals surface area contributed by atoms with E-state index in [2.05, 4.69) is 4.98 Å². The van der Waals surface area contributed by atoms with Crippen molar-refractivity contribution in [3.63, 3.8) is 0 Å². The van der Waals surface area contributed by atoms with Gasteiger partial charge in [0.1, 0.15) is 0 Å². The van der Waals surface area contributed by atoms with Crippen LogP contribution >= 0.6 is 11.6 Å². The number of carbonyl (C=O) groups is 1. The maximum atomic E-state index is 12.7. The topological polar surface area (TPSA) is 59.2 Å². The smallest absolute Gasteiger partial charge is 0.256 e. The first-order valence-corrected chi connectivity index (χ1v) is 7.11. The molecule has 2 aromatic rings. The van der Waals surface area contributed by atoms with Crippen molar-refractivity contribution >= 4 is 23.2 Å². The molecule has 0 fully saturated rings. The van der Waals surface area contributed by atoms with Crippen LogP contribution in [-0.4, -0.2) is 21.8 Å². The molecule has 1 aromatic carbocycles. The molecule has 2 rings (SSSR count). The predicted molar refractivity (Wildman–Crippen MR) is 85.1 cm³/mol. The maximum Gasteiger partial charge on any atom is 0.256 e. The van der Waals surface area contributed by atoms with Crippen LogP contribution < -0.4 is 5.73 Å². The van der Waals surface area contributed by atoms with E-state index in [4.69, 9.17) is 17.3 Å². The van der Waals surface area contributed by atoms with Gasteiger partial charge in [-0.05, 0) is 37.6 Å². The summed E-state index contributed by atoms with van der Waals surface area (Å²) < 4.78 is 0. The zero-order valence-corrected chi connectivity index (χ0v) is 12.8. The van der Waals surface area contributed by atoms with Gasteiger partial charge in [-0.2, -0.15) is 0 Å². The Labute approximate surface area is 129 Å². The number of carbonyl (C=O) groups excluding carboxylic acids is 1. The van der Waals surface area contributed by atoms with Crippen LogP contribution in [0.3, 0.4) is 0 Å². The fourth-order valence-electron chi connectivity index (χ4n) is 2.08. The van der Waals surface area contributed by atoms with Crippen molar-refractivity contribution in [3.05, 3.63) is 58.9 Å². The van der Waals surface area contributed by atoms with Gasteiger partial charge < -0.3 is 10.6 Å². The molecule has 0 aliphatic rings. The van der Waals surface area contributed by atoms with Gasteiger partial charge in [-0.25, -0.2) is 0 Å². The molecule has 0 bridgehead atoms. The molecule has 2 N–H and O–H groups in total. The standard InChI is InChI=1S/C16H18ClN3O/c1-11(2)20(10-12-4-3-5-13(18)8-12)16(21)14-6-7-19-9-15(14)17/h3-9,11H,10,18H2,1-2H3. The number of pyridine rings is 1. The normalized spacial score (nSPS) is 10.7. The van der Waals surface area contributed by atoms with Crippen LogP contribution in [0.15, 0.2) is 42.7 Å². The first-order valence-electron chi connectivity index (χ1n) is 6.74. The number of nitrogen functional groups attached to an aromatic ring is 1. The monoisotopic (exact) mass is 303 g/mol. The lowest BCUT2D eigenvalue weighted by molar-refractivity contribution is 0.0690. The second-order valence-corrected chi connectivity index (χ2v) is 5.53. The van der Waals surface area contributed by atoms with Gasteiger partial charge in [0.05, 0.1) is 10.6 Å². The second kappa shape index (κ2) is 6.59. The molecule has 0 spiro atoms. The highest BCUT2D eigenvalue weighted by Gasteiger charge is 2.21. The van der Waals surface area contributed by atoms with Crippen molar-refractivity contribution in [2.45, 2.75) is 26.4 Å². The van der Waals surface area contributed by atoms with Crippen molar-refractivity contribution in [1.82, 2.24) is 9.88 Å². The van der Waals surface area contributed by atoms with Crippen molar-refractivity contribution in [2.75, 3.05) is 5.73 Å². The van der Waals surface area contributed by atoms with Gasteiger partial charge in [0.2, 0.25) is 0 Å². The van der Waals surface area contributed by atoms with E-state index in [1.165, 1.54) is 6.20 Å². The Kier molecular flexibility index (Phi) is 4.81. The van der Waals surface area contributed by atoms with E-state index in [1.807, 2.05) is 38.1 Å². The molecular formula is C16H18ClN3O. The zero-order valence-electron chi connectivity index (χ0n) is 12.1. The lowest BCUT2D eigenvalue weighted by Gasteiger charge is -2.27. The number of halogens is 1. The number of rotatable bonds is 4. The van der Waals surface area contributed by atoms with E-state index in [1.54, 1.807) is 17.2 Å². The number of nitrogens with zero attached hydrogens (tertiary/aromatic N) is 2. The fraction of sp³-hybridized carbons (Fsp3) is 0.250. The van der Waals surface area contributed by atoms with Crippen molar-refractivity contribution < 1.29 is 4.79 Å². The molecule has 1 aromatic heterocycles. The molecule has 0 aliphatic carbocycles. The summed E-state index contributed by atoms with van der Waals surface area (Å²) >= 11 is 6.07.